The number of rotatable bonds is 18. The molecule has 4 aliphatic rings. The summed E-state index contributed by atoms with van der Waals surface area (Å²) < 4.78 is 5.42. The van der Waals surface area contributed by atoms with Gasteiger partial charge in [0, 0.05) is 56.7 Å². The highest BCUT2D eigenvalue weighted by molar-refractivity contribution is 5.85. The van der Waals surface area contributed by atoms with Crippen LogP contribution in [0.1, 0.15) is 112 Å². The first kappa shape index (κ1) is 42.5. The standard InChI is InChI=1S/C46H62N4O7/c1-57-45-22-33-11-16-43(55)39(42(54)6-2-4-30(5-3-19-51)36-21-34-9-14-38(53)24-41(34)49-27-36)15-10-31(40(33)25-44(45)56)7-12-37(52)13-8-32-23-46(47)50-28-35(32)20-29-17-18-48-26-29/h17,22-23,25-26,28,30-31,34,36-37,39,41-42,49,51-52,54,56H,2-9,11-14,16,18-21,24,27H2,1H3,(H2,47,50)/t30-,31-,34-,36-,37+,39-,41-,42-/m1/s1. The van der Waals surface area contributed by atoms with E-state index in [-0.39, 0.29) is 36.5 Å². The van der Waals surface area contributed by atoms with Crippen LogP contribution in [-0.2, 0) is 28.9 Å². The molecule has 2 aliphatic heterocycles. The average Bonchev–Trinajstić information content (AvgIpc) is 3.74. The Morgan fingerprint density at radius 1 is 1.02 bits per heavy atom. The molecule has 7 N–H and O–H groups in total. The number of piperidine rings is 1. The second kappa shape index (κ2) is 20.6. The molecule has 2 aliphatic carbocycles. The molecule has 3 heterocycles. The summed E-state index contributed by atoms with van der Waals surface area (Å²) >= 11 is 0. The molecule has 2 fully saturated rings. The van der Waals surface area contributed by atoms with Crippen molar-refractivity contribution in [3.8, 4) is 23.3 Å². The van der Waals surface area contributed by atoms with Gasteiger partial charge in [-0.05, 0) is 135 Å². The molecule has 0 spiro atoms. The zero-order valence-corrected chi connectivity index (χ0v) is 33.5. The van der Waals surface area contributed by atoms with Gasteiger partial charge >= 0.3 is 0 Å². The molecule has 1 aromatic carbocycles. The number of allylic oxidation sites excluding steroid dienone is 1. The van der Waals surface area contributed by atoms with Gasteiger partial charge in [0.15, 0.2) is 17.3 Å². The van der Waals surface area contributed by atoms with Crippen LogP contribution >= 0.6 is 0 Å². The van der Waals surface area contributed by atoms with Crippen molar-refractivity contribution in [2.24, 2.45) is 28.7 Å². The zero-order chi connectivity index (χ0) is 40.3. The highest BCUT2D eigenvalue weighted by Gasteiger charge is 2.37. The number of hydrogen-bond donors (Lipinski definition) is 6. The van der Waals surface area contributed by atoms with Crippen molar-refractivity contribution >= 4 is 23.6 Å². The summed E-state index contributed by atoms with van der Waals surface area (Å²) in [6, 6.07) is 5.61. The number of phenols is 1. The second-order valence-corrected chi connectivity index (χ2v) is 16.8. The topological polar surface area (TPSA) is 188 Å². The Balaban J connectivity index is 1.11. The van der Waals surface area contributed by atoms with Gasteiger partial charge in [0.1, 0.15) is 17.5 Å². The monoisotopic (exact) mass is 782 g/mol. The Morgan fingerprint density at radius 2 is 1.86 bits per heavy atom. The van der Waals surface area contributed by atoms with Gasteiger partial charge in [0.2, 0.25) is 0 Å². The van der Waals surface area contributed by atoms with E-state index in [4.69, 9.17) is 10.5 Å². The van der Waals surface area contributed by atoms with E-state index in [0.29, 0.717) is 99.4 Å². The van der Waals surface area contributed by atoms with Gasteiger partial charge in [-0.25, -0.2) is 4.98 Å². The summed E-state index contributed by atoms with van der Waals surface area (Å²) in [6.45, 7) is 1.70. The molecule has 11 nitrogen and oxygen atoms in total. The van der Waals surface area contributed by atoms with Crippen LogP contribution in [0.25, 0.3) is 0 Å². The van der Waals surface area contributed by atoms with Gasteiger partial charge in [-0.3, -0.25) is 14.6 Å². The highest BCUT2D eigenvalue weighted by atomic mass is 16.5. The number of anilines is 1. The largest absolute Gasteiger partial charge is 0.504 e. The molecular formula is C46H62N4O7. The number of aromatic nitrogens is 1. The summed E-state index contributed by atoms with van der Waals surface area (Å²) in [5, 5.41) is 47.0. The molecule has 1 saturated carbocycles. The van der Waals surface area contributed by atoms with Crippen molar-refractivity contribution in [3.05, 3.63) is 58.3 Å². The lowest BCUT2D eigenvalue weighted by Crippen LogP contribution is -2.50. The molecule has 0 bridgehead atoms. The van der Waals surface area contributed by atoms with Crippen LogP contribution in [0.3, 0.4) is 0 Å². The lowest BCUT2D eigenvalue weighted by molar-refractivity contribution is -0.124. The maximum atomic E-state index is 13.7. The van der Waals surface area contributed by atoms with E-state index in [1.807, 2.05) is 12.3 Å². The second-order valence-electron chi connectivity index (χ2n) is 16.8. The van der Waals surface area contributed by atoms with Crippen molar-refractivity contribution in [3.63, 3.8) is 0 Å². The third-order valence-electron chi connectivity index (χ3n) is 12.9. The minimum absolute atomic E-state index is 0.00704. The first-order chi connectivity index (χ1) is 27.6. The lowest BCUT2D eigenvalue weighted by Gasteiger charge is -2.42. The average molecular weight is 783 g/mol. The van der Waals surface area contributed by atoms with Crippen molar-refractivity contribution in [1.82, 2.24) is 10.3 Å². The molecule has 0 unspecified atom stereocenters. The minimum atomic E-state index is -0.926. The molecule has 1 aromatic heterocycles. The van der Waals surface area contributed by atoms with E-state index >= 15 is 0 Å². The predicted octanol–water partition coefficient (Wildman–Crippen LogP) is 5.19. The fourth-order valence-corrected chi connectivity index (χ4v) is 9.56. The van der Waals surface area contributed by atoms with Gasteiger partial charge in [0.25, 0.3) is 0 Å². The van der Waals surface area contributed by atoms with Gasteiger partial charge < -0.3 is 36.2 Å². The van der Waals surface area contributed by atoms with E-state index in [1.165, 1.54) is 7.11 Å². The van der Waals surface area contributed by atoms with Crippen molar-refractivity contribution in [2.75, 3.05) is 32.5 Å². The number of ketones is 2. The van der Waals surface area contributed by atoms with Crippen LogP contribution in [0.4, 0.5) is 5.82 Å². The van der Waals surface area contributed by atoms with Gasteiger partial charge in [-0.1, -0.05) is 30.8 Å². The number of fused-ring (bicyclic) bond motifs is 2. The number of nitrogens with one attached hydrogen (secondary N) is 1. The normalized spacial score (nSPS) is 24.8. The number of carbonyl (C=O) groups is 2. The fraction of sp³-hybridized carbons (Fsp3) is 0.609. The van der Waals surface area contributed by atoms with Crippen molar-refractivity contribution in [2.45, 2.75) is 127 Å². The SMILES string of the molecule is COc1cc2c(cc1O)[C@H](CC[C@H](O)CCc1cc(N)ncc1CC1=CCN=C1)C#C[C@H]([C@H](O)CCC[C@H](CCCO)[C@H]1CN[C@@H]3CC(=O)CC[C@@H]3C1)C(=O)CC2. The molecular weight excluding hydrogens is 721 g/mol. The third-order valence-corrected chi connectivity index (χ3v) is 12.9. The predicted molar refractivity (Wildman–Crippen MR) is 221 cm³/mol. The van der Waals surface area contributed by atoms with Crippen LogP contribution < -0.4 is 15.8 Å². The van der Waals surface area contributed by atoms with E-state index in [2.05, 4.69) is 33.2 Å². The number of aryl methyl sites for hydroxylation is 2. The summed E-state index contributed by atoms with van der Waals surface area (Å²) in [4.78, 5) is 34.3. The third kappa shape index (κ3) is 11.5. The highest BCUT2D eigenvalue weighted by Crippen LogP contribution is 2.39. The van der Waals surface area contributed by atoms with E-state index in [9.17, 15) is 30.0 Å². The fourth-order valence-electron chi connectivity index (χ4n) is 9.56. The van der Waals surface area contributed by atoms with Gasteiger partial charge in [-0.2, -0.15) is 0 Å². The summed E-state index contributed by atoms with van der Waals surface area (Å²) in [7, 11) is 1.50. The Hall–Kier alpha value is -4.08. The number of aliphatic hydroxyl groups excluding tert-OH is 3. The molecule has 6 rings (SSSR count). The number of phenolic OH excluding ortho intramolecular Hbond substituents is 1. The number of nitrogens with zero attached hydrogens (tertiary/aromatic N) is 2. The number of hydrogen-bond acceptors (Lipinski definition) is 11. The van der Waals surface area contributed by atoms with Crippen LogP contribution in [0, 0.1) is 35.5 Å². The number of carbonyl (C=O) groups excluding carboxylic acids is 2. The Morgan fingerprint density at radius 3 is 2.65 bits per heavy atom. The van der Waals surface area contributed by atoms with Crippen LogP contribution in [0.2, 0.25) is 0 Å². The Labute approximate surface area is 337 Å². The number of Topliss-reactive ketones (excluding diaryl/α,β-unsaturated/α-hetero) is 2. The number of nitrogens with two attached hydrogens (primary N) is 1. The maximum absolute atomic E-state index is 13.7. The molecule has 11 heteroatoms. The lowest BCUT2D eigenvalue weighted by atomic mass is 9.70. The zero-order valence-electron chi connectivity index (χ0n) is 33.5. The number of aliphatic hydroxyl groups is 3. The molecule has 0 amide bonds. The first-order valence-corrected chi connectivity index (χ1v) is 21.2. The van der Waals surface area contributed by atoms with Gasteiger partial charge in [0.05, 0.1) is 25.9 Å². The number of benzene rings is 1. The molecule has 2 aromatic rings. The van der Waals surface area contributed by atoms with Crippen LogP contribution in [-0.4, -0.2) is 88.2 Å². The minimum Gasteiger partial charge on any atom is -0.504 e. The van der Waals surface area contributed by atoms with Crippen LogP contribution in [0.5, 0.6) is 11.5 Å². The van der Waals surface area contributed by atoms with Crippen molar-refractivity contribution in [1.29, 1.82) is 0 Å². The maximum Gasteiger partial charge on any atom is 0.160 e. The van der Waals surface area contributed by atoms with Crippen molar-refractivity contribution < 1.29 is 34.8 Å². The number of aromatic hydroxyl groups is 1. The number of ether oxygens (including phenoxy) is 1. The molecule has 0 radical (unpaired) electrons. The Kier molecular flexibility index (Phi) is 15.3. The molecule has 308 valence electrons. The number of aliphatic imine (C=N–C) groups is 1. The molecule has 8 atom stereocenters. The Bertz CT molecular complexity index is 1830. The molecule has 57 heavy (non-hydrogen) atoms. The summed E-state index contributed by atoms with van der Waals surface area (Å²) in [6.07, 6.45) is 14.7. The summed E-state index contributed by atoms with van der Waals surface area (Å²) in [5.74, 6) is 7.66. The quantitative estimate of drug-likeness (QED) is 0.110. The molecule has 1 saturated heterocycles. The van der Waals surface area contributed by atoms with E-state index < -0.39 is 18.1 Å². The number of pyridine rings is 1. The number of nitrogen functional groups attached to an aromatic ring is 1. The summed E-state index contributed by atoms with van der Waals surface area (Å²) in [5.41, 5.74) is 11.0. The first-order valence-electron chi connectivity index (χ1n) is 21.2. The van der Waals surface area contributed by atoms with E-state index in [0.717, 1.165) is 72.9 Å². The van der Waals surface area contributed by atoms with E-state index in [1.54, 1.807) is 18.3 Å². The van der Waals surface area contributed by atoms with Gasteiger partial charge in [-0.15, -0.1) is 0 Å². The smallest absolute Gasteiger partial charge is 0.160 e. The van der Waals surface area contributed by atoms with Crippen LogP contribution in [0.15, 0.2) is 41.0 Å². The number of methoxy groups -OCH3 is 1.